The Bertz CT molecular complexity index is 327. The van der Waals surface area contributed by atoms with E-state index in [0.29, 0.717) is 0 Å². The third-order valence-electron chi connectivity index (χ3n) is 3.75. The fourth-order valence-electron chi connectivity index (χ4n) is 2.74. The topological polar surface area (TPSA) is 40.6 Å². The molecule has 3 amide bonds. The zero-order valence-corrected chi connectivity index (χ0v) is 11.0. The van der Waals surface area contributed by atoms with Gasteiger partial charge < -0.3 is 4.90 Å². The maximum atomic E-state index is 12.3. The summed E-state index contributed by atoms with van der Waals surface area (Å²) in [5, 5.41) is 0. The molecule has 4 nitrogen and oxygen atoms in total. The van der Waals surface area contributed by atoms with E-state index in [1.165, 1.54) is 11.3 Å². The quantitative estimate of drug-likeness (QED) is 0.658. The summed E-state index contributed by atoms with van der Waals surface area (Å²) < 4.78 is 0. The summed E-state index contributed by atoms with van der Waals surface area (Å²) in [5.41, 5.74) is -0.268. The first-order chi connectivity index (χ1) is 7.91. The molecule has 0 radical (unpaired) electrons. The summed E-state index contributed by atoms with van der Waals surface area (Å²) in [6, 6.07) is 0.0606. The van der Waals surface area contributed by atoms with E-state index in [2.05, 4.69) is 0 Å². The van der Waals surface area contributed by atoms with Crippen LogP contribution in [0.15, 0.2) is 0 Å². The fourth-order valence-corrected chi connectivity index (χ4v) is 2.74. The third-order valence-corrected chi connectivity index (χ3v) is 3.75. The molecular weight excluding hydrogens is 216 g/mol. The Morgan fingerprint density at radius 2 is 1.65 bits per heavy atom. The van der Waals surface area contributed by atoms with Gasteiger partial charge in [-0.3, -0.25) is 9.69 Å². The Morgan fingerprint density at radius 1 is 1.06 bits per heavy atom. The smallest absolute Gasteiger partial charge is 0.310 e. The van der Waals surface area contributed by atoms with Crippen molar-refractivity contribution < 1.29 is 9.59 Å². The Hall–Kier alpha value is -1.06. The number of rotatable bonds is 1. The van der Waals surface area contributed by atoms with Gasteiger partial charge in [0.1, 0.15) is 6.54 Å². The first-order valence-electron chi connectivity index (χ1n) is 6.55. The van der Waals surface area contributed by atoms with Crippen molar-refractivity contribution in [3.63, 3.8) is 0 Å². The monoisotopic (exact) mass is 238 g/mol. The zero-order chi connectivity index (χ0) is 12.6. The van der Waals surface area contributed by atoms with Gasteiger partial charge in [0.05, 0.1) is 0 Å². The summed E-state index contributed by atoms with van der Waals surface area (Å²) in [6.07, 6.45) is 5.47. The molecule has 2 fully saturated rings. The molecule has 1 aliphatic heterocycles. The Morgan fingerprint density at radius 3 is 2.12 bits per heavy atom. The molecule has 17 heavy (non-hydrogen) atoms. The Labute approximate surface area is 103 Å². The average Bonchev–Trinajstić information content (AvgIpc) is 2.55. The highest BCUT2D eigenvalue weighted by Crippen LogP contribution is 2.29. The third kappa shape index (κ3) is 2.31. The number of hydrogen-bond acceptors (Lipinski definition) is 2. The minimum Gasteiger partial charge on any atom is -0.310 e. The minimum atomic E-state index is -0.268. The van der Waals surface area contributed by atoms with Gasteiger partial charge in [0.2, 0.25) is 0 Å². The number of hydrogen-bond donors (Lipinski definition) is 0. The molecule has 0 aromatic rings. The summed E-state index contributed by atoms with van der Waals surface area (Å²) in [7, 11) is 0. The maximum Gasteiger partial charge on any atom is 0.327 e. The molecular formula is C13H22N2O2. The van der Waals surface area contributed by atoms with Gasteiger partial charge in [-0.05, 0) is 33.6 Å². The van der Waals surface area contributed by atoms with Crippen LogP contribution in [-0.2, 0) is 4.79 Å². The molecule has 2 aliphatic rings. The maximum absolute atomic E-state index is 12.3. The molecule has 0 unspecified atom stereocenters. The molecule has 0 spiro atoms. The Kier molecular flexibility index (Phi) is 3.15. The van der Waals surface area contributed by atoms with Crippen LogP contribution < -0.4 is 0 Å². The van der Waals surface area contributed by atoms with Crippen LogP contribution in [0.3, 0.4) is 0 Å². The average molecular weight is 238 g/mol. The Balaban J connectivity index is 2.13. The van der Waals surface area contributed by atoms with Gasteiger partial charge in [0.25, 0.3) is 5.91 Å². The molecule has 1 aliphatic carbocycles. The zero-order valence-electron chi connectivity index (χ0n) is 11.0. The van der Waals surface area contributed by atoms with Crippen LogP contribution in [0.25, 0.3) is 0 Å². The second-order valence-electron chi connectivity index (χ2n) is 6.10. The van der Waals surface area contributed by atoms with E-state index in [0.717, 1.165) is 25.7 Å². The van der Waals surface area contributed by atoms with E-state index in [1.807, 2.05) is 20.8 Å². The molecule has 96 valence electrons. The summed E-state index contributed by atoms with van der Waals surface area (Å²) in [6.45, 7) is 6.17. The van der Waals surface area contributed by atoms with E-state index in [-0.39, 0.29) is 30.1 Å². The van der Waals surface area contributed by atoms with E-state index >= 15 is 0 Å². The molecule has 1 saturated heterocycles. The lowest BCUT2D eigenvalue weighted by molar-refractivity contribution is -0.127. The van der Waals surface area contributed by atoms with E-state index in [4.69, 9.17) is 0 Å². The number of carbonyl (C=O) groups is 2. The van der Waals surface area contributed by atoms with Gasteiger partial charge in [0.15, 0.2) is 0 Å². The summed E-state index contributed by atoms with van der Waals surface area (Å²) >= 11 is 0. The van der Waals surface area contributed by atoms with Crippen molar-refractivity contribution in [2.24, 2.45) is 0 Å². The van der Waals surface area contributed by atoms with E-state index < -0.39 is 0 Å². The van der Waals surface area contributed by atoms with Gasteiger partial charge in [-0.1, -0.05) is 19.3 Å². The summed E-state index contributed by atoms with van der Waals surface area (Å²) in [4.78, 5) is 27.5. The molecule has 0 aromatic heterocycles. The molecule has 0 N–H and O–H groups in total. The fraction of sp³-hybridized carbons (Fsp3) is 0.846. The highest BCUT2D eigenvalue weighted by molar-refractivity contribution is 6.02. The van der Waals surface area contributed by atoms with E-state index in [1.54, 1.807) is 4.90 Å². The molecule has 0 bridgehead atoms. The lowest BCUT2D eigenvalue weighted by Gasteiger charge is -2.33. The van der Waals surface area contributed by atoms with Crippen molar-refractivity contribution in [1.82, 2.24) is 9.80 Å². The van der Waals surface area contributed by atoms with Gasteiger partial charge in [-0.15, -0.1) is 0 Å². The van der Waals surface area contributed by atoms with Crippen molar-refractivity contribution in [3.05, 3.63) is 0 Å². The number of urea groups is 1. The molecule has 0 aromatic carbocycles. The van der Waals surface area contributed by atoms with Crippen molar-refractivity contribution in [2.45, 2.75) is 64.5 Å². The number of amides is 3. The predicted octanol–water partition coefficient (Wildman–Crippen LogP) is 2.38. The summed E-state index contributed by atoms with van der Waals surface area (Å²) in [5.74, 6) is -0.0168. The first kappa shape index (κ1) is 12.4. The SMILES string of the molecule is CC(C)(C)N1CC(=O)N(C2CCCCC2)C1=O. The molecule has 2 rings (SSSR count). The largest absolute Gasteiger partial charge is 0.327 e. The standard InChI is InChI=1S/C13H22N2O2/c1-13(2,3)14-9-11(16)15(12(14)17)10-7-5-4-6-8-10/h10H,4-9H2,1-3H3. The van der Waals surface area contributed by atoms with Crippen LogP contribution in [0.4, 0.5) is 4.79 Å². The normalized spacial score (nSPS) is 23.7. The van der Waals surface area contributed by atoms with Crippen LogP contribution >= 0.6 is 0 Å². The minimum absolute atomic E-state index is 0.0168. The molecule has 4 heteroatoms. The van der Waals surface area contributed by atoms with Crippen molar-refractivity contribution >= 4 is 11.9 Å². The van der Waals surface area contributed by atoms with Gasteiger partial charge in [-0.2, -0.15) is 0 Å². The van der Waals surface area contributed by atoms with Crippen LogP contribution in [0.1, 0.15) is 52.9 Å². The van der Waals surface area contributed by atoms with Crippen LogP contribution in [-0.4, -0.2) is 39.9 Å². The second-order valence-corrected chi connectivity index (χ2v) is 6.10. The first-order valence-corrected chi connectivity index (χ1v) is 6.55. The highest BCUT2D eigenvalue weighted by Gasteiger charge is 2.44. The number of carbonyl (C=O) groups excluding carboxylic acids is 2. The lowest BCUT2D eigenvalue weighted by atomic mass is 9.94. The second kappa shape index (κ2) is 4.31. The van der Waals surface area contributed by atoms with Crippen molar-refractivity contribution in [1.29, 1.82) is 0 Å². The number of nitrogens with zero attached hydrogens (tertiary/aromatic N) is 2. The van der Waals surface area contributed by atoms with Crippen LogP contribution in [0, 0.1) is 0 Å². The van der Waals surface area contributed by atoms with Gasteiger partial charge in [0, 0.05) is 11.6 Å². The van der Waals surface area contributed by atoms with E-state index in [9.17, 15) is 9.59 Å². The number of imide groups is 1. The highest BCUT2D eigenvalue weighted by atomic mass is 16.2. The van der Waals surface area contributed by atoms with Crippen molar-refractivity contribution in [3.8, 4) is 0 Å². The lowest BCUT2D eigenvalue weighted by Crippen LogP contribution is -2.47. The van der Waals surface area contributed by atoms with Crippen molar-refractivity contribution in [2.75, 3.05) is 6.54 Å². The van der Waals surface area contributed by atoms with Crippen LogP contribution in [0.2, 0.25) is 0 Å². The van der Waals surface area contributed by atoms with Gasteiger partial charge in [-0.25, -0.2) is 4.79 Å². The van der Waals surface area contributed by atoms with Crippen LogP contribution in [0.5, 0.6) is 0 Å². The molecule has 1 heterocycles. The molecule has 0 atom stereocenters. The van der Waals surface area contributed by atoms with Gasteiger partial charge >= 0.3 is 6.03 Å². The molecule has 1 saturated carbocycles. The predicted molar refractivity (Wildman–Crippen MR) is 65.6 cm³/mol.